The van der Waals surface area contributed by atoms with Gasteiger partial charge in [0.15, 0.2) is 5.82 Å². The van der Waals surface area contributed by atoms with Crippen LogP contribution >= 0.6 is 0 Å². The normalized spacial score (nSPS) is 25.1. The summed E-state index contributed by atoms with van der Waals surface area (Å²) in [4.78, 5) is 21.6. The molecule has 2 aromatic heterocycles. The van der Waals surface area contributed by atoms with E-state index in [-0.39, 0.29) is 11.8 Å². The van der Waals surface area contributed by atoms with Crippen molar-refractivity contribution < 1.29 is 14.3 Å². The van der Waals surface area contributed by atoms with Crippen molar-refractivity contribution in [2.75, 3.05) is 25.1 Å². The molecule has 4 heterocycles. The average Bonchev–Trinajstić information content (AvgIpc) is 3.17. The van der Waals surface area contributed by atoms with Crippen molar-refractivity contribution in [1.29, 1.82) is 0 Å². The Bertz CT molecular complexity index is 814. The number of rotatable bonds is 3. The summed E-state index contributed by atoms with van der Waals surface area (Å²) in [5.74, 6) is 2.26. The molecule has 0 saturated carbocycles. The lowest BCUT2D eigenvalue weighted by Crippen LogP contribution is -2.37. The molecule has 2 fully saturated rings. The lowest BCUT2D eigenvalue weighted by molar-refractivity contribution is -0.126. The van der Waals surface area contributed by atoms with Gasteiger partial charge >= 0.3 is 0 Å². The van der Waals surface area contributed by atoms with Gasteiger partial charge in [0.2, 0.25) is 0 Å². The molecule has 26 heavy (non-hydrogen) atoms. The van der Waals surface area contributed by atoms with Gasteiger partial charge in [0, 0.05) is 36.3 Å². The summed E-state index contributed by atoms with van der Waals surface area (Å²) in [6, 6.07) is 3.68. The Hall–Kier alpha value is -2.32. The van der Waals surface area contributed by atoms with Gasteiger partial charge in [-0.05, 0) is 27.2 Å². The maximum Gasteiger partial charge on any atom is 0.254 e. The van der Waals surface area contributed by atoms with E-state index in [1.807, 2.05) is 32.9 Å². The van der Waals surface area contributed by atoms with Crippen molar-refractivity contribution in [1.82, 2.24) is 19.7 Å². The molecule has 138 valence electrons. The highest BCUT2D eigenvalue weighted by atomic mass is 16.5. The molecule has 8 nitrogen and oxygen atoms in total. The van der Waals surface area contributed by atoms with Crippen LogP contribution in [-0.4, -0.2) is 51.6 Å². The minimum atomic E-state index is -0.443. The van der Waals surface area contributed by atoms with Gasteiger partial charge in [-0.25, -0.2) is 9.97 Å². The Balaban J connectivity index is 1.58. The highest BCUT2D eigenvalue weighted by Gasteiger charge is 2.43. The fourth-order valence-electron chi connectivity index (χ4n) is 3.77. The summed E-state index contributed by atoms with van der Waals surface area (Å²) in [6.45, 7) is 7.56. The summed E-state index contributed by atoms with van der Waals surface area (Å²) in [5.41, 5.74) is 1.65. The van der Waals surface area contributed by atoms with E-state index in [1.54, 1.807) is 4.68 Å². The van der Waals surface area contributed by atoms with E-state index < -0.39 is 6.10 Å². The molecule has 3 atom stereocenters. The number of carbonyl (C=O) groups is 1. The fraction of sp³-hybridized carbons (Fsp3) is 0.556. The number of nitrogens with one attached hydrogen (secondary N) is 1. The van der Waals surface area contributed by atoms with Gasteiger partial charge in [-0.3, -0.25) is 4.79 Å². The van der Waals surface area contributed by atoms with E-state index in [9.17, 15) is 4.79 Å². The number of fused-ring (bicyclic) bond motifs is 1. The highest BCUT2D eigenvalue weighted by molar-refractivity contribution is 5.94. The molecular weight excluding hydrogens is 334 g/mol. The van der Waals surface area contributed by atoms with Crippen LogP contribution in [0.5, 0.6) is 0 Å². The first-order valence-corrected chi connectivity index (χ1v) is 8.91. The zero-order chi connectivity index (χ0) is 18.3. The quantitative estimate of drug-likeness (QED) is 0.897. The molecule has 0 spiro atoms. The minimum absolute atomic E-state index is 0.136. The third-order valence-electron chi connectivity index (χ3n) is 4.92. The zero-order valence-corrected chi connectivity index (χ0v) is 15.2. The third kappa shape index (κ3) is 3.22. The molecule has 2 aliphatic heterocycles. The molecule has 4 rings (SSSR count). The minimum Gasteiger partial charge on any atom is -0.381 e. The van der Waals surface area contributed by atoms with Crippen LogP contribution in [0, 0.1) is 32.6 Å². The molecule has 1 amide bonds. The molecule has 0 aromatic carbocycles. The molecule has 8 heteroatoms. The third-order valence-corrected chi connectivity index (χ3v) is 4.92. The Morgan fingerprint density at radius 1 is 1.19 bits per heavy atom. The van der Waals surface area contributed by atoms with E-state index in [4.69, 9.17) is 9.47 Å². The number of aryl methyl sites for hydroxylation is 3. The summed E-state index contributed by atoms with van der Waals surface area (Å²) >= 11 is 0. The van der Waals surface area contributed by atoms with E-state index >= 15 is 0 Å². The largest absolute Gasteiger partial charge is 0.381 e. The van der Waals surface area contributed by atoms with Gasteiger partial charge in [-0.2, -0.15) is 9.78 Å². The molecule has 0 radical (unpaired) electrons. The second-order valence-electron chi connectivity index (χ2n) is 7.03. The predicted molar refractivity (Wildman–Crippen MR) is 94.2 cm³/mol. The second-order valence-corrected chi connectivity index (χ2v) is 7.03. The molecule has 0 aliphatic carbocycles. The number of ether oxygens (including phenoxy) is 2. The van der Waals surface area contributed by atoms with Crippen LogP contribution < -0.4 is 5.32 Å². The van der Waals surface area contributed by atoms with Crippen LogP contribution in [0.1, 0.15) is 23.6 Å². The van der Waals surface area contributed by atoms with Crippen molar-refractivity contribution in [3.63, 3.8) is 0 Å². The molecule has 3 unspecified atom stereocenters. The fourth-order valence-corrected chi connectivity index (χ4v) is 3.77. The SMILES string of the molecule is Cc1cc(-n2nc(C)cc2NC(=O)C2OCC3COCCC32)nc(C)n1. The van der Waals surface area contributed by atoms with Gasteiger partial charge in [0.05, 0.1) is 18.9 Å². The van der Waals surface area contributed by atoms with E-state index in [0.717, 1.165) is 17.8 Å². The topological polar surface area (TPSA) is 91.2 Å². The van der Waals surface area contributed by atoms with Crippen LogP contribution in [0.3, 0.4) is 0 Å². The summed E-state index contributed by atoms with van der Waals surface area (Å²) in [5, 5.41) is 7.45. The number of aromatic nitrogens is 4. The highest BCUT2D eigenvalue weighted by Crippen LogP contribution is 2.34. The van der Waals surface area contributed by atoms with Crippen molar-refractivity contribution in [3.8, 4) is 5.82 Å². The molecular formula is C18H23N5O3. The Morgan fingerprint density at radius 3 is 2.85 bits per heavy atom. The van der Waals surface area contributed by atoms with Crippen molar-refractivity contribution >= 4 is 11.7 Å². The number of anilines is 1. The van der Waals surface area contributed by atoms with Crippen LogP contribution in [0.2, 0.25) is 0 Å². The van der Waals surface area contributed by atoms with Crippen LogP contribution in [0.15, 0.2) is 12.1 Å². The van der Waals surface area contributed by atoms with Crippen molar-refractivity contribution in [3.05, 3.63) is 29.3 Å². The monoisotopic (exact) mass is 357 g/mol. The maximum atomic E-state index is 12.8. The number of amides is 1. The maximum absolute atomic E-state index is 12.8. The molecule has 2 saturated heterocycles. The molecule has 2 aliphatic rings. The van der Waals surface area contributed by atoms with Crippen LogP contribution in [0.4, 0.5) is 5.82 Å². The summed E-state index contributed by atoms with van der Waals surface area (Å²) < 4.78 is 12.9. The molecule has 1 N–H and O–H groups in total. The number of nitrogens with zero attached hydrogens (tertiary/aromatic N) is 4. The Morgan fingerprint density at radius 2 is 2.04 bits per heavy atom. The van der Waals surface area contributed by atoms with E-state index in [1.165, 1.54) is 0 Å². The smallest absolute Gasteiger partial charge is 0.254 e. The number of hydrogen-bond donors (Lipinski definition) is 1. The summed E-state index contributed by atoms with van der Waals surface area (Å²) in [6.07, 6.45) is 0.409. The van der Waals surface area contributed by atoms with Crippen molar-refractivity contribution in [2.24, 2.45) is 11.8 Å². The predicted octanol–water partition coefficient (Wildman–Crippen LogP) is 1.58. The van der Waals surface area contributed by atoms with Gasteiger partial charge in [-0.1, -0.05) is 0 Å². The van der Waals surface area contributed by atoms with Crippen LogP contribution in [-0.2, 0) is 14.3 Å². The lowest BCUT2D eigenvalue weighted by atomic mass is 9.87. The van der Waals surface area contributed by atoms with Gasteiger partial charge in [0.25, 0.3) is 5.91 Å². The van der Waals surface area contributed by atoms with Gasteiger partial charge < -0.3 is 14.8 Å². The molecule has 0 bridgehead atoms. The molecule has 2 aromatic rings. The lowest BCUT2D eigenvalue weighted by Gasteiger charge is -2.26. The summed E-state index contributed by atoms with van der Waals surface area (Å²) in [7, 11) is 0. The average molecular weight is 357 g/mol. The van der Waals surface area contributed by atoms with E-state index in [0.29, 0.717) is 43.2 Å². The zero-order valence-electron chi connectivity index (χ0n) is 15.2. The Kier molecular flexibility index (Phi) is 4.46. The number of hydrogen-bond acceptors (Lipinski definition) is 6. The van der Waals surface area contributed by atoms with Gasteiger partial charge in [0.1, 0.15) is 17.7 Å². The standard InChI is InChI=1S/C18H23N5O3/c1-10-6-15(20-12(3)19-10)23-16(7-11(2)22-23)21-18(24)17-14-4-5-25-8-13(14)9-26-17/h6-7,13-14,17H,4-5,8-9H2,1-3H3,(H,21,24). The second kappa shape index (κ2) is 6.77. The first-order chi connectivity index (χ1) is 12.5. The van der Waals surface area contributed by atoms with E-state index in [2.05, 4.69) is 20.4 Å². The van der Waals surface area contributed by atoms with Gasteiger partial charge in [-0.15, -0.1) is 0 Å². The first-order valence-electron chi connectivity index (χ1n) is 8.91. The first kappa shape index (κ1) is 17.1. The Labute approximate surface area is 151 Å². The van der Waals surface area contributed by atoms with Crippen LogP contribution in [0.25, 0.3) is 5.82 Å². The van der Waals surface area contributed by atoms with Crippen molar-refractivity contribution in [2.45, 2.75) is 33.3 Å². The number of carbonyl (C=O) groups excluding carboxylic acids is 1.